The van der Waals surface area contributed by atoms with Crippen LogP contribution in [0.3, 0.4) is 0 Å². The zero-order valence-electron chi connectivity index (χ0n) is 16.8. The minimum absolute atomic E-state index is 0.242. The van der Waals surface area contributed by atoms with Gasteiger partial charge in [0.1, 0.15) is 24.1 Å². The molecular weight excluding hydrogens is 378 g/mol. The number of benzene rings is 1. The highest BCUT2D eigenvalue weighted by molar-refractivity contribution is 5.82. The van der Waals surface area contributed by atoms with E-state index in [-0.39, 0.29) is 12.5 Å². The summed E-state index contributed by atoms with van der Waals surface area (Å²) in [4.78, 5) is 20.7. The van der Waals surface area contributed by atoms with E-state index in [1.807, 2.05) is 38.1 Å². The molecule has 9 heteroatoms. The lowest BCUT2D eigenvalue weighted by atomic mass is 9.98. The van der Waals surface area contributed by atoms with Crippen LogP contribution in [0.4, 0.5) is 0 Å². The summed E-state index contributed by atoms with van der Waals surface area (Å²) in [5, 5.41) is 2.88. The number of rotatable bonds is 3. The minimum atomic E-state index is -0.884. The van der Waals surface area contributed by atoms with E-state index >= 15 is 0 Å². The van der Waals surface area contributed by atoms with Gasteiger partial charge in [0.05, 0.1) is 17.6 Å². The molecule has 0 aliphatic carbocycles. The van der Waals surface area contributed by atoms with Crippen molar-refractivity contribution in [2.45, 2.75) is 76.5 Å². The molecule has 3 fully saturated rings. The van der Waals surface area contributed by atoms with Gasteiger partial charge in [-0.25, -0.2) is 4.98 Å². The molecule has 1 aromatic carbocycles. The lowest BCUT2D eigenvalue weighted by molar-refractivity contribution is -0.231. The first-order chi connectivity index (χ1) is 13.7. The van der Waals surface area contributed by atoms with E-state index in [0.29, 0.717) is 5.82 Å². The van der Waals surface area contributed by atoms with E-state index in [2.05, 4.69) is 15.3 Å². The predicted octanol–water partition coefficient (Wildman–Crippen LogP) is 1.58. The molecule has 156 valence electrons. The molecule has 2 aromatic rings. The summed E-state index contributed by atoms with van der Waals surface area (Å²) < 4.78 is 29.8. The molecule has 1 amide bonds. The number of hydrogen-bond donors (Lipinski definition) is 2. The molecule has 0 spiro atoms. The van der Waals surface area contributed by atoms with Crippen LogP contribution in [0.1, 0.15) is 33.5 Å². The Bertz CT molecular complexity index is 908. The van der Waals surface area contributed by atoms with Crippen molar-refractivity contribution in [2.24, 2.45) is 0 Å². The van der Waals surface area contributed by atoms with Gasteiger partial charge in [-0.3, -0.25) is 4.79 Å². The van der Waals surface area contributed by atoms with Gasteiger partial charge in [0, 0.05) is 0 Å². The summed E-state index contributed by atoms with van der Waals surface area (Å²) in [6.45, 7) is 7.48. The van der Waals surface area contributed by atoms with Crippen LogP contribution in [0, 0.1) is 0 Å². The van der Waals surface area contributed by atoms with Crippen molar-refractivity contribution in [1.29, 1.82) is 0 Å². The van der Waals surface area contributed by atoms with E-state index in [4.69, 9.17) is 23.7 Å². The number of aromatic amines is 1. The summed E-state index contributed by atoms with van der Waals surface area (Å²) in [6, 6.07) is 7.70. The third-order valence-corrected chi connectivity index (χ3v) is 5.28. The van der Waals surface area contributed by atoms with Crippen LogP contribution in [-0.4, -0.2) is 58.2 Å². The highest BCUT2D eigenvalue weighted by atomic mass is 16.9. The van der Waals surface area contributed by atoms with Gasteiger partial charge in [-0.05, 0) is 39.8 Å². The lowest BCUT2D eigenvalue weighted by Crippen LogP contribution is -2.59. The Balaban J connectivity index is 1.33. The number of imidazole rings is 1. The zero-order valence-corrected chi connectivity index (χ0v) is 16.8. The fourth-order valence-electron chi connectivity index (χ4n) is 4.18. The summed E-state index contributed by atoms with van der Waals surface area (Å²) in [7, 11) is 0. The molecule has 0 bridgehead atoms. The molecule has 3 aliphatic rings. The van der Waals surface area contributed by atoms with Gasteiger partial charge in [0.15, 0.2) is 24.0 Å². The van der Waals surface area contributed by atoms with E-state index in [1.165, 1.54) is 0 Å². The molecule has 3 saturated heterocycles. The third kappa shape index (κ3) is 3.43. The molecule has 5 rings (SSSR count). The SMILES string of the molecule is CC1(C)O[C@@H]2O[C@@H](C(=O)NCc3nc4ccccc4[nH]3)[C@H]3OC(C)(C)O[C@@H]3[C@H]2O1. The van der Waals surface area contributed by atoms with Crippen molar-refractivity contribution in [3.8, 4) is 0 Å². The highest BCUT2D eigenvalue weighted by Gasteiger charge is 2.62. The second-order valence-electron chi connectivity index (χ2n) is 8.51. The van der Waals surface area contributed by atoms with Crippen LogP contribution in [-0.2, 0) is 35.0 Å². The second-order valence-corrected chi connectivity index (χ2v) is 8.51. The zero-order chi connectivity index (χ0) is 20.4. The van der Waals surface area contributed by atoms with Crippen LogP contribution in [0.25, 0.3) is 11.0 Å². The number of nitrogens with one attached hydrogen (secondary N) is 2. The Morgan fingerprint density at radius 3 is 2.52 bits per heavy atom. The third-order valence-electron chi connectivity index (χ3n) is 5.28. The van der Waals surface area contributed by atoms with E-state index in [9.17, 15) is 4.79 Å². The molecule has 5 atom stereocenters. The number of aromatic nitrogens is 2. The maximum atomic E-state index is 13.0. The molecule has 0 unspecified atom stereocenters. The number of nitrogens with zero attached hydrogens (tertiary/aromatic N) is 1. The van der Waals surface area contributed by atoms with Crippen molar-refractivity contribution in [3.63, 3.8) is 0 Å². The average molecular weight is 403 g/mol. The smallest absolute Gasteiger partial charge is 0.252 e. The second kappa shape index (κ2) is 6.48. The molecule has 1 aromatic heterocycles. The topological polar surface area (TPSA) is 104 Å². The maximum Gasteiger partial charge on any atom is 0.252 e. The summed E-state index contributed by atoms with van der Waals surface area (Å²) in [5.74, 6) is -1.32. The molecular formula is C20H25N3O6. The van der Waals surface area contributed by atoms with Gasteiger partial charge >= 0.3 is 0 Å². The van der Waals surface area contributed by atoms with Crippen molar-refractivity contribution < 1.29 is 28.5 Å². The molecule has 2 N–H and O–H groups in total. The Kier molecular flexibility index (Phi) is 4.24. The summed E-state index contributed by atoms with van der Waals surface area (Å²) in [6.07, 6.45) is -3.11. The van der Waals surface area contributed by atoms with Crippen LogP contribution in [0.2, 0.25) is 0 Å². The fraction of sp³-hybridized carbons (Fsp3) is 0.600. The standard InChI is InChI=1S/C20H25N3O6/c1-19(2)26-13-14(27-19)16-18(29-20(3,4)28-16)25-15(13)17(24)21-9-12-22-10-7-5-6-8-11(10)23-12/h5-8,13-16,18H,9H2,1-4H3,(H,21,24)(H,22,23)/t13-,14-,15+,16+,18-/m0/s1. The Hall–Kier alpha value is -2.04. The fourth-order valence-corrected chi connectivity index (χ4v) is 4.18. The van der Waals surface area contributed by atoms with Gasteiger partial charge in [-0.1, -0.05) is 12.1 Å². The Morgan fingerprint density at radius 1 is 1.03 bits per heavy atom. The van der Waals surface area contributed by atoms with Crippen LogP contribution < -0.4 is 5.32 Å². The number of para-hydroxylation sites is 2. The van der Waals surface area contributed by atoms with Crippen molar-refractivity contribution >= 4 is 16.9 Å². The lowest BCUT2D eigenvalue weighted by Gasteiger charge is -2.36. The first kappa shape index (κ1) is 19.0. The van der Waals surface area contributed by atoms with Gasteiger partial charge < -0.3 is 34.0 Å². The van der Waals surface area contributed by atoms with Crippen LogP contribution >= 0.6 is 0 Å². The quantitative estimate of drug-likeness (QED) is 0.802. The number of hydrogen-bond acceptors (Lipinski definition) is 7. The minimum Gasteiger partial charge on any atom is -0.347 e. The maximum absolute atomic E-state index is 13.0. The van der Waals surface area contributed by atoms with Crippen molar-refractivity contribution in [1.82, 2.24) is 15.3 Å². The van der Waals surface area contributed by atoms with Crippen molar-refractivity contribution in [3.05, 3.63) is 30.1 Å². The van der Waals surface area contributed by atoms with Crippen LogP contribution in [0.15, 0.2) is 24.3 Å². The number of carbonyl (C=O) groups is 1. The number of carbonyl (C=O) groups excluding carboxylic acids is 1. The molecule has 0 radical (unpaired) electrons. The highest BCUT2D eigenvalue weighted by Crippen LogP contribution is 2.44. The number of H-pyrrole nitrogens is 1. The van der Waals surface area contributed by atoms with Gasteiger partial charge in [-0.2, -0.15) is 0 Å². The number of amides is 1. The first-order valence-electron chi connectivity index (χ1n) is 9.79. The molecule has 4 heterocycles. The van der Waals surface area contributed by atoms with Gasteiger partial charge in [0.25, 0.3) is 5.91 Å². The molecule has 3 aliphatic heterocycles. The normalized spacial score (nSPS) is 34.7. The van der Waals surface area contributed by atoms with Gasteiger partial charge in [0.2, 0.25) is 0 Å². The van der Waals surface area contributed by atoms with E-state index < -0.39 is 42.3 Å². The summed E-state index contributed by atoms with van der Waals surface area (Å²) in [5.41, 5.74) is 1.77. The number of ether oxygens (including phenoxy) is 5. The van der Waals surface area contributed by atoms with E-state index in [1.54, 1.807) is 13.8 Å². The first-order valence-corrected chi connectivity index (χ1v) is 9.79. The van der Waals surface area contributed by atoms with Crippen LogP contribution in [0.5, 0.6) is 0 Å². The molecule has 29 heavy (non-hydrogen) atoms. The predicted molar refractivity (Wildman–Crippen MR) is 100 cm³/mol. The van der Waals surface area contributed by atoms with E-state index in [0.717, 1.165) is 11.0 Å². The average Bonchev–Trinajstić information content (AvgIpc) is 3.29. The monoisotopic (exact) mass is 403 g/mol. The Morgan fingerprint density at radius 2 is 1.72 bits per heavy atom. The molecule has 0 saturated carbocycles. The number of fused-ring (bicyclic) bond motifs is 4. The largest absolute Gasteiger partial charge is 0.347 e. The Labute approximate surface area is 168 Å². The molecule has 9 nitrogen and oxygen atoms in total. The summed E-state index contributed by atoms with van der Waals surface area (Å²) >= 11 is 0. The van der Waals surface area contributed by atoms with Crippen molar-refractivity contribution in [2.75, 3.05) is 0 Å². The van der Waals surface area contributed by atoms with Gasteiger partial charge in [-0.15, -0.1) is 0 Å².